The highest BCUT2D eigenvalue weighted by Crippen LogP contribution is 2.18. The number of aliphatic hydroxyl groups is 1. The van der Waals surface area contributed by atoms with Crippen molar-refractivity contribution < 1.29 is 9.84 Å². The first-order valence-electron chi connectivity index (χ1n) is 4.66. The largest absolute Gasteiger partial charge is 0.388 e. The second-order valence-corrected chi connectivity index (χ2v) is 3.08. The molecule has 0 bridgehead atoms. The minimum absolute atomic E-state index is 0.271. The lowest BCUT2D eigenvalue weighted by molar-refractivity contribution is -0.0234. The van der Waals surface area contributed by atoms with Crippen molar-refractivity contribution in [3.8, 4) is 0 Å². The fourth-order valence-electron chi connectivity index (χ4n) is 1.17. The zero-order valence-corrected chi connectivity index (χ0v) is 8.34. The van der Waals surface area contributed by atoms with Gasteiger partial charge in [-0.2, -0.15) is 0 Å². The Labute approximate surface area is 74.9 Å². The molecule has 0 aliphatic heterocycles. The van der Waals surface area contributed by atoms with Crippen molar-refractivity contribution in [1.82, 2.24) is 0 Å². The van der Waals surface area contributed by atoms with E-state index in [1.54, 1.807) is 0 Å². The van der Waals surface area contributed by atoms with Gasteiger partial charge in [0.25, 0.3) is 0 Å². The Balaban J connectivity index is 3.93. The summed E-state index contributed by atoms with van der Waals surface area (Å²) in [6.07, 6.45) is 1.36. The molecule has 0 fully saturated rings. The van der Waals surface area contributed by atoms with E-state index >= 15 is 0 Å². The van der Waals surface area contributed by atoms with E-state index in [9.17, 15) is 5.11 Å². The van der Waals surface area contributed by atoms with Gasteiger partial charge in [0, 0.05) is 6.61 Å². The van der Waals surface area contributed by atoms with Crippen LogP contribution in [-0.2, 0) is 4.74 Å². The Kier molecular flexibility index (Phi) is 5.46. The number of ether oxygens (including phenoxy) is 1. The van der Waals surface area contributed by atoms with E-state index < -0.39 is 5.60 Å². The zero-order chi connectivity index (χ0) is 9.61. The topological polar surface area (TPSA) is 55.5 Å². The van der Waals surface area contributed by atoms with Gasteiger partial charge in [-0.25, -0.2) is 0 Å². The van der Waals surface area contributed by atoms with Gasteiger partial charge < -0.3 is 15.6 Å². The maximum absolute atomic E-state index is 9.92. The van der Waals surface area contributed by atoms with Crippen molar-refractivity contribution in [2.24, 2.45) is 5.73 Å². The van der Waals surface area contributed by atoms with Crippen LogP contribution in [-0.4, -0.2) is 30.0 Å². The normalized spacial score (nSPS) is 14.8. The monoisotopic (exact) mass is 175 g/mol. The number of nitrogens with two attached hydrogens (primary N) is 1. The molecule has 3 nitrogen and oxygen atoms in total. The second-order valence-electron chi connectivity index (χ2n) is 3.08. The summed E-state index contributed by atoms with van der Waals surface area (Å²) < 4.78 is 5.16. The number of hydrogen-bond donors (Lipinski definition) is 2. The minimum Gasteiger partial charge on any atom is -0.388 e. The Morgan fingerprint density at radius 2 is 1.83 bits per heavy atom. The van der Waals surface area contributed by atoms with Crippen molar-refractivity contribution in [1.29, 1.82) is 0 Å². The van der Waals surface area contributed by atoms with E-state index in [1.807, 2.05) is 20.8 Å². The van der Waals surface area contributed by atoms with Gasteiger partial charge in [-0.3, -0.25) is 0 Å². The van der Waals surface area contributed by atoms with Gasteiger partial charge in [-0.05, 0) is 19.8 Å². The van der Waals surface area contributed by atoms with Gasteiger partial charge in [-0.15, -0.1) is 0 Å². The van der Waals surface area contributed by atoms with Crippen LogP contribution in [0.1, 0.15) is 33.6 Å². The molecule has 0 spiro atoms. The first-order valence-corrected chi connectivity index (χ1v) is 4.66. The molecule has 3 N–H and O–H groups in total. The quantitative estimate of drug-likeness (QED) is 0.630. The number of rotatable bonds is 6. The first kappa shape index (κ1) is 11.9. The standard InChI is InChI=1S/C9H21NO2/c1-4-9(11,5-2)8(10)7-12-6-3/h8,11H,4-7,10H2,1-3H3. The van der Waals surface area contributed by atoms with Crippen LogP contribution < -0.4 is 5.73 Å². The number of hydrogen-bond acceptors (Lipinski definition) is 3. The fourth-order valence-corrected chi connectivity index (χ4v) is 1.17. The molecule has 0 saturated carbocycles. The first-order chi connectivity index (χ1) is 5.60. The van der Waals surface area contributed by atoms with Gasteiger partial charge in [-0.1, -0.05) is 13.8 Å². The van der Waals surface area contributed by atoms with E-state index in [4.69, 9.17) is 10.5 Å². The van der Waals surface area contributed by atoms with Gasteiger partial charge in [0.15, 0.2) is 0 Å². The predicted octanol–water partition coefficient (Wildman–Crippen LogP) is 0.901. The predicted molar refractivity (Wildman–Crippen MR) is 50.0 cm³/mol. The molecule has 0 aliphatic rings. The van der Waals surface area contributed by atoms with Crippen molar-refractivity contribution in [3.05, 3.63) is 0 Å². The van der Waals surface area contributed by atoms with Crippen molar-refractivity contribution >= 4 is 0 Å². The van der Waals surface area contributed by atoms with E-state index in [-0.39, 0.29) is 6.04 Å². The highest BCUT2D eigenvalue weighted by atomic mass is 16.5. The molecule has 0 aromatic carbocycles. The van der Waals surface area contributed by atoms with E-state index in [1.165, 1.54) is 0 Å². The molecular weight excluding hydrogens is 154 g/mol. The average Bonchev–Trinajstić information content (AvgIpc) is 2.12. The van der Waals surface area contributed by atoms with Gasteiger partial charge in [0.1, 0.15) is 0 Å². The van der Waals surface area contributed by atoms with Crippen LogP contribution in [0.3, 0.4) is 0 Å². The van der Waals surface area contributed by atoms with Crippen LogP contribution in [0.25, 0.3) is 0 Å². The van der Waals surface area contributed by atoms with Crippen molar-refractivity contribution in [2.75, 3.05) is 13.2 Å². The lowest BCUT2D eigenvalue weighted by Crippen LogP contribution is -2.50. The summed E-state index contributed by atoms with van der Waals surface area (Å²) >= 11 is 0. The molecule has 0 aliphatic carbocycles. The van der Waals surface area contributed by atoms with E-state index in [0.717, 1.165) is 0 Å². The van der Waals surface area contributed by atoms with Gasteiger partial charge >= 0.3 is 0 Å². The minimum atomic E-state index is -0.755. The lowest BCUT2D eigenvalue weighted by atomic mass is 9.90. The summed E-state index contributed by atoms with van der Waals surface area (Å²) in [6.45, 7) is 6.89. The maximum Gasteiger partial charge on any atom is 0.0815 e. The highest BCUT2D eigenvalue weighted by molar-refractivity contribution is 4.86. The summed E-state index contributed by atoms with van der Waals surface area (Å²) in [5, 5.41) is 9.92. The third-order valence-electron chi connectivity index (χ3n) is 2.42. The molecule has 0 aromatic heterocycles. The van der Waals surface area contributed by atoms with Crippen molar-refractivity contribution in [3.63, 3.8) is 0 Å². The van der Waals surface area contributed by atoms with Crippen LogP contribution in [0.4, 0.5) is 0 Å². The molecule has 0 heterocycles. The van der Waals surface area contributed by atoms with Gasteiger partial charge in [0.2, 0.25) is 0 Å². The molecular formula is C9H21NO2. The average molecular weight is 175 g/mol. The molecule has 3 heteroatoms. The molecule has 74 valence electrons. The summed E-state index contributed by atoms with van der Waals surface area (Å²) in [7, 11) is 0. The Bertz CT molecular complexity index is 113. The second kappa shape index (κ2) is 5.51. The molecule has 1 unspecified atom stereocenters. The van der Waals surface area contributed by atoms with Crippen LogP contribution >= 0.6 is 0 Å². The van der Waals surface area contributed by atoms with Gasteiger partial charge in [0.05, 0.1) is 18.2 Å². The SMILES string of the molecule is CCOCC(N)C(O)(CC)CC. The highest BCUT2D eigenvalue weighted by Gasteiger charge is 2.30. The summed E-state index contributed by atoms with van der Waals surface area (Å²) in [5.74, 6) is 0. The Hall–Kier alpha value is -0.120. The van der Waals surface area contributed by atoms with Crippen LogP contribution in [0.2, 0.25) is 0 Å². The summed E-state index contributed by atoms with van der Waals surface area (Å²) in [6, 6.07) is -0.271. The summed E-state index contributed by atoms with van der Waals surface area (Å²) in [4.78, 5) is 0. The van der Waals surface area contributed by atoms with E-state index in [0.29, 0.717) is 26.1 Å². The third-order valence-corrected chi connectivity index (χ3v) is 2.42. The third kappa shape index (κ3) is 3.09. The molecule has 0 aromatic rings. The zero-order valence-electron chi connectivity index (χ0n) is 8.34. The molecule has 12 heavy (non-hydrogen) atoms. The Morgan fingerprint density at radius 3 is 2.17 bits per heavy atom. The maximum atomic E-state index is 9.92. The lowest BCUT2D eigenvalue weighted by Gasteiger charge is -2.31. The molecule has 0 saturated heterocycles. The smallest absolute Gasteiger partial charge is 0.0815 e. The molecule has 0 rings (SSSR count). The van der Waals surface area contributed by atoms with Crippen LogP contribution in [0, 0.1) is 0 Å². The fraction of sp³-hybridized carbons (Fsp3) is 1.00. The molecule has 1 atom stereocenters. The Morgan fingerprint density at radius 1 is 1.33 bits per heavy atom. The van der Waals surface area contributed by atoms with Crippen molar-refractivity contribution in [2.45, 2.75) is 45.3 Å². The molecule has 0 radical (unpaired) electrons. The van der Waals surface area contributed by atoms with Crippen LogP contribution in [0.15, 0.2) is 0 Å². The van der Waals surface area contributed by atoms with Crippen LogP contribution in [0.5, 0.6) is 0 Å². The summed E-state index contributed by atoms with van der Waals surface area (Å²) in [5.41, 5.74) is 5.03. The van der Waals surface area contributed by atoms with E-state index in [2.05, 4.69) is 0 Å². The molecule has 0 amide bonds.